The molecule has 2 amide bonds. The maximum absolute atomic E-state index is 12.0. The van der Waals surface area contributed by atoms with E-state index in [-0.39, 0.29) is 6.03 Å². The number of amides is 2. The highest BCUT2D eigenvalue weighted by atomic mass is 35.5. The number of rotatable bonds is 4. The van der Waals surface area contributed by atoms with Gasteiger partial charge < -0.3 is 20.1 Å². The number of nitrogens with one attached hydrogen (secondary N) is 2. The summed E-state index contributed by atoms with van der Waals surface area (Å²) in [5.41, 5.74) is 4.32. The SMILES string of the molecule is O=C(NCCc1c2c(cc3c1OCC3)OCC2)Nc1ccc(Cl)cc1. The molecular weight excluding hydrogens is 340 g/mol. The molecule has 2 aromatic carbocycles. The normalized spacial score (nSPS) is 14.3. The van der Waals surface area contributed by atoms with Crippen molar-refractivity contribution in [3.63, 3.8) is 0 Å². The summed E-state index contributed by atoms with van der Waals surface area (Å²) < 4.78 is 11.5. The zero-order valence-corrected chi connectivity index (χ0v) is 14.5. The van der Waals surface area contributed by atoms with Crippen molar-refractivity contribution in [1.29, 1.82) is 0 Å². The molecule has 4 rings (SSSR count). The molecule has 25 heavy (non-hydrogen) atoms. The molecule has 2 aromatic rings. The quantitative estimate of drug-likeness (QED) is 0.878. The molecule has 0 saturated carbocycles. The van der Waals surface area contributed by atoms with E-state index in [0.717, 1.165) is 44.0 Å². The van der Waals surface area contributed by atoms with E-state index in [9.17, 15) is 4.79 Å². The number of carbonyl (C=O) groups is 1. The van der Waals surface area contributed by atoms with Crippen molar-refractivity contribution in [3.05, 3.63) is 52.0 Å². The molecule has 5 nitrogen and oxygen atoms in total. The number of urea groups is 1. The predicted octanol–water partition coefficient (Wildman–Crippen LogP) is 3.57. The lowest BCUT2D eigenvalue weighted by Gasteiger charge is -2.13. The van der Waals surface area contributed by atoms with Crippen LogP contribution < -0.4 is 20.1 Å². The summed E-state index contributed by atoms with van der Waals surface area (Å²) in [5, 5.41) is 6.33. The van der Waals surface area contributed by atoms with E-state index >= 15 is 0 Å². The summed E-state index contributed by atoms with van der Waals surface area (Å²) >= 11 is 5.84. The van der Waals surface area contributed by atoms with Gasteiger partial charge in [-0.15, -0.1) is 0 Å². The van der Waals surface area contributed by atoms with Crippen molar-refractivity contribution in [1.82, 2.24) is 5.32 Å². The standard InChI is InChI=1S/C19H19ClN2O3/c20-13-1-3-14(4-2-13)22-19(23)21-8-5-16-15-7-10-24-17(15)11-12-6-9-25-18(12)16/h1-4,11H,5-10H2,(H2,21,22,23). The summed E-state index contributed by atoms with van der Waals surface area (Å²) in [5.74, 6) is 1.97. The Morgan fingerprint density at radius 1 is 1.12 bits per heavy atom. The number of carbonyl (C=O) groups excluding carboxylic acids is 1. The highest BCUT2D eigenvalue weighted by Crippen LogP contribution is 2.40. The van der Waals surface area contributed by atoms with E-state index in [1.807, 2.05) is 0 Å². The minimum atomic E-state index is -0.233. The Bertz CT molecular complexity index is 773. The van der Waals surface area contributed by atoms with Gasteiger partial charge in [0.2, 0.25) is 0 Å². The van der Waals surface area contributed by atoms with Crippen LogP contribution >= 0.6 is 11.6 Å². The minimum Gasteiger partial charge on any atom is -0.493 e. The van der Waals surface area contributed by atoms with E-state index in [0.29, 0.717) is 17.3 Å². The molecule has 2 aliphatic heterocycles. The van der Waals surface area contributed by atoms with Crippen LogP contribution in [0.1, 0.15) is 16.7 Å². The third-order valence-electron chi connectivity index (χ3n) is 4.52. The summed E-state index contributed by atoms with van der Waals surface area (Å²) in [4.78, 5) is 12.0. The van der Waals surface area contributed by atoms with Gasteiger partial charge >= 0.3 is 6.03 Å². The summed E-state index contributed by atoms with van der Waals surface area (Å²) in [6.45, 7) is 1.97. The molecule has 0 bridgehead atoms. The van der Waals surface area contributed by atoms with Crippen LogP contribution in [0.5, 0.6) is 11.5 Å². The van der Waals surface area contributed by atoms with Crippen LogP contribution in [0.3, 0.4) is 0 Å². The summed E-state index contributed by atoms with van der Waals surface area (Å²) in [6.07, 6.45) is 2.55. The second-order valence-electron chi connectivity index (χ2n) is 6.15. The third kappa shape index (κ3) is 3.37. The van der Waals surface area contributed by atoms with Crippen molar-refractivity contribution in [3.8, 4) is 11.5 Å². The van der Waals surface area contributed by atoms with E-state index in [2.05, 4.69) is 16.7 Å². The monoisotopic (exact) mass is 358 g/mol. The molecular formula is C19H19ClN2O3. The van der Waals surface area contributed by atoms with E-state index in [1.165, 1.54) is 16.7 Å². The predicted molar refractivity (Wildman–Crippen MR) is 97.0 cm³/mol. The average Bonchev–Trinajstić information content (AvgIpc) is 3.25. The van der Waals surface area contributed by atoms with Gasteiger partial charge in [0.05, 0.1) is 13.2 Å². The van der Waals surface area contributed by atoms with Crippen molar-refractivity contribution < 1.29 is 14.3 Å². The first-order valence-electron chi connectivity index (χ1n) is 8.44. The molecule has 2 aliphatic rings. The molecule has 0 atom stereocenters. The second kappa shape index (κ2) is 6.84. The Hall–Kier alpha value is -2.40. The Kier molecular flexibility index (Phi) is 4.40. The maximum Gasteiger partial charge on any atom is 0.319 e. The largest absolute Gasteiger partial charge is 0.493 e. The van der Waals surface area contributed by atoms with Crippen molar-refractivity contribution >= 4 is 23.3 Å². The third-order valence-corrected chi connectivity index (χ3v) is 4.77. The molecule has 0 saturated heterocycles. The summed E-state index contributed by atoms with van der Waals surface area (Å²) in [7, 11) is 0. The van der Waals surface area contributed by atoms with Crippen LogP contribution in [0.4, 0.5) is 10.5 Å². The van der Waals surface area contributed by atoms with Crippen LogP contribution in [-0.4, -0.2) is 25.8 Å². The zero-order valence-electron chi connectivity index (χ0n) is 13.7. The lowest BCUT2D eigenvalue weighted by molar-refractivity contribution is 0.252. The Morgan fingerprint density at radius 2 is 1.92 bits per heavy atom. The van der Waals surface area contributed by atoms with Crippen LogP contribution in [0.25, 0.3) is 0 Å². The van der Waals surface area contributed by atoms with E-state index in [1.54, 1.807) is 24.3 Å². The molecule has 0 aliphatic carbocycles. The van der Waals surface area contributed by atoms with Gasteiger partial charge in [0.1, 0.15) is 11.5 Å². The van der Waals surface area contributed by atoms with Gasteiger partial charge in [0, 0.05) is 46.8 Å². The smallest absolute Gasteiger partial charge is 0.319 e. The van der Waals surface area contributed by atoms with Gasteiger partial charge in [0.15, 0.2) is 0 Å². The van der Waals surface area contributed by atoms with Gasteiger partial charge in [-0.25, -0.2) is 4.79 Å². The Balaban J connectivity index is 1.39. The number of anilines is 1. The fourth-order valence-corrected chi connectivity index (χ4v) is 3.48. The van der Waals surface area contributed by atoms with E-state index in [4.69, 9.17) is 21.1 Å². The number of hydrogen-bond donors (Lipinski definition) is 2. The topological polar surface area (TPSA) is 59.6 Å². The second-order valence-corrected chi connectivity index (χ2v) is 6.59. The van der Waals surface area contributed by atoms with Crippen molar-refractivity contribution in [2.45, 2.75) is 19.3 Å². The molecule has 0 radical (unpaired) electrons. The number of fused-ring (bicyclic) bond motifs is 2. The van der Waals surface area contributed by atoms with Gasteiger partial charge in [-0.3, -0.25) is 0 Å². The fraction of sp³-hybridized carbons (Fsp3) is 0.316. The molecule has 0 spiro atoms. The van der Waals surface area contributed by atoms with Crippen molar-refractivity contribution in [2.24, 2.45) is 0 Å². The molecule has 0 aromatic heterocycles. The molecule has 2 N–H and O–H groups in total. The van der Waals surface area contributed by atoms with Crippen LogP contribution in [-0.2, 0) is 19.3 Å². The zero-order chi connectivity index (χ0) is 17.2. The van der Waals surface area contributed by atoms with Crippen LogP contribution in [0.15, 0.2) is 30.3 Å². The molecule has 6 heteroatoms. The van der Waals surface area contributed by atoms with Crippen LogP contribution in [0, 0.1) is 0 Å². The van der Waals surface area contributed by atoms with Gasteiger partial charge in [0.25, 0.3) is 0 Å². The van der Waals surface area contributed by atoms with Gasteiger partial charge in [-0.2, -0.15) is 0 Å². The first-order chi connectivity index (χ1) is 12.2. The Labute approximate surface area is 151 Å². The number of hydrogen-bond acceptors (Lipinski definition) is 3. The van der Waals surface area contributed by atoms with E-state index < -0.39 is 0 Å². The van der Waals surface area contributed by atoms with Gasteiger partial charge in [-0.05, 0) is 36.8 Å². The first kappa shape index (κ1) is 16.1. The number of ether oxygens (including phenoxy) is 2. The van der Waals surface area contributed by atoms with Crippen LogP contribution in [0.2, 0.25) is 5.02 Å². The molecule has 2 heterocycles. The number of halogens is 1. The highest BCUT2D eigenvalue weighted by molar-refractivity contribution is 6.30. The Morgan fingerprint density at radius 3 is 2.76 bits per heavy atom. The molecule has 0 fully saturated rings. The lowest BCUT2D eigenvalue weighted by atomic mass is 9.97. The average molecular weight is 359 g/mol. The highest BCUT2D eigenvalue weighted by Gasteiger charge is 2.26. The summed E-state index contributed by atoms with van der Waals surface area (Å²) in [6, 6.07) is 8.89. The maximum atomic E-state index is 12.0. The van der Waals surface area contributed by atoms with Gasteiger partial charge in [-0.1, -0.05) is 11.6 Å². The lowest BCUT2D eigenvalue weighted by Crippen LogP contribution is -2.30. The minimum absolute atomic E-state index is 0.233. The molecule has 0 unspecified atom stereocenters. The first-order valence-corrected chi connectivity index (χ1v) is 8.82. The fourth-order valence-electron chi connectivity index (χ4n) is 3.36. The number of benzene rings is 2. The molecule has 130 valence electrons. The van der Waals surface area contributed by atoms with Crippen molar-refractivity contribution in [2.75, 3.05) is 25.1 Å².